The lowest BCUT2D eigenvalue weighted by atomic mass is 9.48. The minimum absolute atomic E-state index is 0.119. The standard InChI is InChI=1S/C25H23FN2O3S/c26-18-7-16(19-2-1-15(11-27-19)20-22-23(30)28(20)24(31)32-22)6-17(21(18)29)25-8-12-3-13(9-25)5-14(4-12)10-25/h1-2,6-7,11-14,20,22,29H,3-5,8-10H2. The molecule has 4 heterocycles. The molecule has 7 fully saturated rings. The number of hydrogen-bond donors (Lipinski definition) is 1. The van der Waals surface area contributed by atoms with Crippen LogP contribution in [0, 0.1) is 23.6 Å². The summed E-state index contributed by atoms with van der Waals surface area (Å²) in [5, 5.41) is 10.2. The third-order valence-electron chi connectivity index (χ3n) is 8.57. The number of aromatic hydroxyl groups is 1. The molecule has 2 atom stereocenters. The van der Waals surface area contributed by atoms with E-state index in [2.05, 4.69) is 4.98 Å². The van der Waals surface area contributed by atoms with Crippen LogP contribution in [0.3, 0.4) is 0 Å². The number of halogens is 1. The first kappa shape index (κ1) is 19.1. The zero-order valence-electron chi connectivity index (χ0n) is 17.5. The van der Waals surface area contributed by atoms with Crippen molar-refractivity contribution in [3.8, 4) is 17.0 Å². The number of phenolic OH excluding ortho intramolecular Hbond substituents is 1. The highest BCUT2D eigenvalue weighted by Crippen LogP contribution is 2.62. The number of benzene rings is 1. The molecule has 5 nitrogen and oxygen atoms in total. The summed E-state index contributed by atoms with van der Waals surface area (Å²) in [4.78, 5) is 29.6. The molecule has 164 valence electrons. The quantitative estimate of drug-likeness (QED) is 0.653. The van der Waals surface area contributed by atoms with Crippen LogP contribution < -0.4 is 0 Å². The average Bonchev–Trinajstić information content (AvgIpc) is 3.26. The highest BCUT2D eigenvalue weighted by atomic mass is 32.2. The Kier molecular flexibility index (Phi) is 3.78. The number of pyridine rings is 1. The van der Waals surface area contributed by atoms with Crippen molar-refractivity contribution in [1.82, 2.24) is 9.88 Å². The molecule has 4 aliphatic carbocycles. The third kappa shape index (κ3) is 2.49. The van der Waals surface area contributed by atoms with E-state index in [1.165, 1.54) is 30.2 Å². The van der Waals surface area contributed by atoms with Crippen molar-refractivity contribution >= 4 is 22.9 Å². The monoisotopic (exact) mass is 450 g/mol. The number of imide groups is 1. The Bertz CT molecular complexity index is 1140. The summed E-state index contributed by atoms with van der Waals surface area (Å²) >= 11 is 1.07. The molecule has 2 unspecified atom stereocenters. The molecule has 0 radical (unpaired) electrons. The smallest absolute Gasteiger partial charge is 0.289 e. The Balaban J connectivity index is 1.24. The molecule has 3 saturated heterocycles. The molecule has 4 saturated carbocycles. The van der Waals surface area contributed by atoms with Gasteiger partial charge in [-0.15, -0.1) is 0 Å². The molecule has 7 aliphatic rings. The summed E-state index contributed by atoms with van der Waals surface area (Å²) in [5.41, 5.74) is 2.75. The van der Waals surface area contributed by atoms with Gasteiger partial charge in [-0.3, -0.25) is 19.5 Å². The topological polar surface area (TPSA) is 70.5 Å². The van der Waals surface area contributed by atoms with E-state index in [1.807, 2.05) is 18.2 Å². The Morgan fingerprint density at radius 2 is 1.75 bits per heavy atom. The zero-order valence-corrected chi connectivity index (χ0v) is 18.3. The van der Waals surface area contributed by atoms with Gasteiger partial charge >= 0.3 is 0 Å². The molecule has 3 aliphatic heterocycles. The first-order valence-electron chi connectivity index (χ1n) is 11.4. The summed E-state index contributed by atoms with van der Waals surface area (Å²) in [6, 6.07) is 6.76. The molecule has 32 heavy (non-hydrogen) atoms. The largest absolute Gasteiger partial charge is 0.505 e. The lowest BCUT2D eigenvalue weighted by molar-refractivity contribution is -0.137. The molecule has 2 aromatic rings. The maximum atomic E-state index is 14.9. The van der Waals surface area contributed by atoms with Crippen molar-refractivity contribution in [2.24, 2.45) is 17.8 Å². The maximum Gasteiger partial charge on any atom is 0.289 e. The van der Waals surface area contributed by atoms with Gasteiger partial charge in [0.1, 0.15) is 5.25 Å². The molecular weight excluding hydrogens is 427 g/mol. The van der Waals surface area contributed by atoms with Crippen molar-refractivity contribution in [2.75, 3.05) is 0 Å². The van der Waals surface area contributed by atoms with Crippen LogP contribution in [0.5, 0.6) is 5.75 Å². The minimum atomic E-state index is -0.588. The van der Waals surface area contributed by atoms with Gasteiger partial charge in [0.15, 0.2) is 11.6 Å². The predicted molar refractivity (Wildman–Crippen MR) is 118 cm³/mol. The van der Waals surface area contributed by atoms with Crippen LogP contribution in [-0.4, -0.2) is 31.4 Å². The first-order chi connectivity index (χ1) is 15.4. The Labute approximate surface area is 189 Å². The number of phenols is 1. The van der Waals surface area contributed by atoms with Gasteiger partial charge in [0, 0.05) is 17.3 Å². The van der Waals surface area contributed by atoms with Gasteiger partial charge in [0.2, 0.25) is 5.91 Å². The molecule has 2 amide bonds. The van der Waals surface area contributed by atoms with E-state index in [4.69, 9.17) is 0 Å². The average molecular weight is 451 g/mol. The molecule has 0 spiro atoms. The van der Waals surface area contributed by atoms with Gasteiger partial charge < -0.3 is 5.11 Å². The van der Waals surface area contributed by atoms with E-state index in [0.29, 0.717) is 29.0 Å². The molecule has 1 N–H and O–H groups in total. The zero-order chi connectivity index (χ0) is 21.8. The normalized spacial score (nSPS) is 36.7. The van der Waals surface area contributed by atoms with Crippen molar-refractivity contribution in [3.05, 3.63) is 47.4 Å². The van der Waals surface area contributed by atoms with E-state index in [1.54, 1.807) is 6.20 Å². The second kappa shape index (κ2) is 6.34. The van der Waals surface area contributed by atoms with Crippen molar-refractivity contribution in [3.63, 3.8) is 0 Å². The fourth-order valence-electron chi connectivity index (χ4n) is 7.61. The van der Waals surface area contributed by atoms with Crippen LogP contribution >= 0.6 is 11.8 Å². The number of hydrogen-bond acceptors (Lipinski definition) is 5. The van der Waals surface area contributed by atoms with E-state index in [-0.39, 0.29) is 33.6 Å². The first-order valence-corrected chi connectivity index (χ1v) is 12.3. The number of thioether (sulfide) groups is 1. The predicted octanol–water partition coefficient (Wildman–Crippen LogP) is 5.18. The fraction of sp³-hybridized carbons (Fsp3) is 0.480. The lowest BCUT2D eigenvalue weighted by Gasteiger charge is -2.57. The lowest BCUT2D eigenvalue weighted by Crippen LogP contribution is -2.50. The second-order valence-corrected chi connectivity index (χ2v) is 11.6. The SMILES string of the molecule is O=C1SC2C(=O)N1C2c1ccc(-c2cc(F)c(O)c(C34CC5CC(CC(C5)C3)C4)c2)nc1. The minimum Gasteiger partial charge on any atom is -0.505 e. The number of β-lactam (4-membered cyclic amide) rings is 1. The van der Waals surface area contributed by atoms with Crippen LogP contribution in [-0.2, 0) is 10.2 Å². The van der Waals surface area contributed by atoms with E-state index < -0.39 is 5.82 Å². The second-order valence-electron chi connectivity index (χ2n) is 10.5. The van der Waals surface area contributed by atoms with Crippen LogP contribution in [0.15, 0.2) is 30.5 Å². The Hall–Kier alpha value is -2.41. The van der Waals surface area contributed by atoms with Gasteiger partial charge in [-0.1, -0.05) is 6.07 Å². The molecule has 9 rings (SSSR count). The van der Waals surface area contributed by atoms with Gasteiger partial charge in [0.25, 0.3) is 5.24 Å². The van der Waals surface area contributed by atoms with Gasteiger partial charge in [-0.25, -0.2) is 4.39 Å². The third-order valence-corrected chi connectivity index (χ3v) is 9.68. The van der Waals surface area contributed by atoms with E-state index >= 15 is 0 Å². The number of carbonyl (C=O) groups excluding carboxylic acids is 2. The number of aromatic nitrogens is 1. The number of rotatable bonds is 3. The molecule has 1 aromatic heterocycles. The van der Waals surface area contributed by atoms with Crippen LogP contribution in [0.25, 0.3) is 11.3 Å². The Morgan fingerprint density at radius 1 is 1.06 bits per heavy atom. The number of amides is 2. The summed E-state index contributed by atoms with van der Waals surface area (Å²) in [7, 11) is 0. The maximum absolute atomic E-state index is 14.9. The molecular formula is C25H23FN2O3S. The molecule has 1 aromatic carbocycles. The van der Waals surface area contributed by atoms with Crippen LogP contribution in [0.4, 0.5) is 9.18 Å². The van der Waals surface area contributed by atoms with E-state index in [0.717, 1.165) is 42.2 Å². The summed E-state index contributed by atoms with van der Waals surface area (Å²) in [6.07, 6.45) is 8.66. The summed E-state index contributed by atoms with van der Waals surface area (Å²) in [6.45, 7) is 0. The van der Waals surface area contributed by atoms with Gasteiger partial charge in [0.05, 0.1) is 11.7 Å². The van der Waals surface area contributed by atoms with Crippen molar-refractivity contribution in [1.29, 1.82) is 0 Å². The van der Waals surface area contributed by atoms with Crippen molar-refractivity contribution in [2.45, 2.75) is 55.2 Å². The number of fused-ring (bicyclic) bond motifs is 1. The highest BCUT2D eigenvalue weighted by molar-refractivity contribution is 8.15. The van der Waals surface area contributed by atoms with Gasteiger partial charge in [-0.05, 0) is 97.2 Å². The molecule has 7 heteroatoms. The van der Waals surface area contributed by atoms with Crippen molar-refractivity contribution < 1.29 is 19.1 Å². The Morgan fingerprint density at radius 3 is 2.28 bits per heavy atom. The number of nitrogens with zero attached hydrogens (tertiary/aromatic N) is 2. The highest BCUT2D eigenvalue weighted by Gasteiger charge is 2.60. The summed E-state index contributed by atoms with van der Waals surface area (Å²) in [5.74, 6) is 1.17. The molecule has 6 bridgehead atoms. The van der Waals surface area contributed by atoms with Crippen LogP contribution in [0.2, 0.25) is 0 Å². The fourth-order valence-corrected chi connectivity index (χ4v) is 8.77. The van der Waals surface area contributed by atoms with E-state index in [9.17, 15) is 19.1 Å². The van der Waals surface area contributed by atoms with Crippen LogP contribution in [0.1, 0.15) is 55.7 Å². The van der Waals surface area contributed by atoms with Gasteiger partial charge in [-0.2, -0.15) is 0 Å². The number of carbonyl (C=O) groups is 2. The summed E-state index contributed by atoms with van der Waals surface area (Å²) < 4.78 is 14.9.